The van der Waals surface area contributed by atoms with E-state index in [0.717, 1.165) is 45.1 Å². The van der Waals surface area contributed by atoms with Crippen LogP contribution in [0.4, 0.5) is 0 Å². The maximum Gasteiger partial charge on any atom is 0.228 e. The number of piperidine rings is 1. The maximum atomic E-state index is 12.2. The first-order chi connectivity index (χ1) is 7.84. The highest BCUT2D eigenvalue weighted by molar-refractivity contribution is 5.79. The van der Waals surface area contributed by atoms with Gasteiger partial charge < -0.3 is 15.0 Å². The molecule has 1 N–H and O–H groups in total. The Hall–Kier alpha value is -0.610. The molecule has 3 unspecified atom stereocenters. The Morgan fingerprint density at radius 2 is 2.12 bits per heavy atom. The number of carbonyl (C=O) groups excluding carboxylic acids is 1. The van der Waals surface area contributed by atoms with Crippen molar-refractivity contribution in [2.75, 3.05) is 39.4 Å². The number of ether oxygens (including phenoxy) is 1. The molecule has 0 aromatic carbocycles. The maximum absolute atomic E-state index is 12.2. The molecular weight excluding hydrogens is 204 g/mol. The molecule has 3 atom stereocenters. The fourth-order valence-electron chi connectivity index (χ4n) is 3.22. The zero-order chi connectivity index (χ0) is 11.0. The molecular formula is C12H20N2O2. The minimum Gasteiger partial charge on any atom is -0.381 e. The second-order valence-corrected chi connectivity index (χ2v) is 5.31. The van der Waals surface area contributed by atoms with E-state index in [9.17, 15) is 4.79 Å². The highest BCUT2D eigenvalue weighted by atomic mass is 16.5. The summed E-state index contributed by atoms with van der Waals surface area (Å²) in [6.45, 7) is 5.57. The van der Waals surface area contributed by atoms with E-state index < -0.39 is 0 Å². The number of rotatable bonds is 1. The van der Waals surface area contributed by atoms with Crippen LogP contribution >= 0.6 is 0 Å². The number of amides is 1. The summed E-state index contributed by atoms with van der Waals surface area (Å²) >= 11 is 0. The van der Waals surface area contributed by atoms with Gasteiger partial charge in [-0.05, 0) is 37.8 Å². The van der Waals surface area contributed by atoms with Crippen LogP contribution in [-0.2, 0) is 9.53 Å². The molecule has 3 heterocycles. The van der Waals surface area contributed by atoms with Gasteiger partial charge in [0.25, 0.3) is 0 Å². The fraction of sp³-hybridized carbons (Fsp3) is 0.917. The zero-order valence-electron chi connectivity index (χ0n) is 9.65. The van der Waals surface area contributed by atoms with Crippen LogP contribution in [0, 0.1) is 17.8 Å². The summed E-state index contributed by atoms with van der Waals surface area (Å²) in [4.78, 5) is 14.3. The average molecular weight is 224 g/mol. The van der Waals surface area contributed by atoms with Crippen molar-refractivity contribution in [1.29, 1.82) is 0 Å². The van der Waals surface area contributed by atoms with Gasteiger partial charge in [0.05, 0.1) is 12.5 Å². The van der Waals surface area contributed by atoms with Crippen LogP contribution in [0.3, 0.4) is 0 Å². The van der Waals surface area contributed by atoms with Gasteiger partial charge in [-0.25, -0.2) is 0 Å². The van der Waals surface area contributed by atoms with Gasteiger partial charge in [-0.1, -0.05) is 0 Å². The van der Waals surface area contributed by atoms with Crippen molar-refractivity contribution in [3.63, 3.8) is 0 Å². The number of carbonyl (C=O) groups is 1. The molecule has 3 aliphatic rings. The fourth-order valence-corrected chi connectivity index (χ4v) is 3.22. The summed E-state index contributed by atoms with van der Waals surface area (Å²) in [6, 6.07) is 0. The van der Waals surface area contributed by atoms with Crippen molar-refractivity contribution in [1.82, 2.24) is 10.2 Å². The first-order valence-electron chi connectivity index (χ1n) is 6.42. The monoisotopic (exact) mass is 224 g/mol. The van der Waals surface area contributed by atoms with Gasteiger partial charge in [0.1, 0.15) is 0 Å². The molecule has 1 amide bonds. The molecule has 3 fully saturated rings. The lowest BCUT2D eigenvalue weighted by molar-refractivity contribution is -0.137. The van der Waals surface area contributed by atoms with Crippen molar-refractivity contribution in [3.8, 4) is 0 Å². The second kappa shape index (κ2) is 4.34. The van der Waals surface area contributed by atoms with Gasteiger partial charge in [-0.2, -0.15) is 0 Å². The van der Waals surface area contributed by atoms with Crippen LogP contribution in [0.15, 0.2) is 0 Å². The summed E-state index contributed by atoms with van der Waals surface area (Å²) in [6.07, 6.45) is 2.10. The van der Waals surface area contributed by atoms with Crippen LogP contribution in [0.2, 0.25) is 0 Å². The molecule has 3 saturated heterocycles. The van der Waals surface area contributed by atoms with Gasteiger partial charge in [0.2, 0.25) is 5.91 Å². The van der Waals surface area contributed by atoms with Gasteiger partial charge >= 0.3 is 0 Å². The van der Waals surface area contributed by atoms with Crippen molar-refractivity contribution < 1.29 is 9.53 Å². The first-order valence-corrected chi connectivity index (χ1v) is 6.42. The van der Waals surface area contributed by atoms with Crippen LogP contribution in [-0.4, -0.2) is 50.2 Å². The van der Waals surface area contributed by atoms with Crippen LogP contribution < -0.4 is 5.32 Å². The Bertz CT molecular complexity index is 276. The zero-order valence-corrected chi connectivity index (χ0v) is 9.65. The molecule has 3 aliphatic heterocycles. The molecule has 0 aromatic rings. The molecule has 0 bridgehead atoms. The lowest BCUT2D eigenvalue weighted by Crippen LogP contribution is -2.46. The molecule has 4 nitrogen and oxygen atoms in total. The van der Waals surface area contributed by atoms with E-state index in [1.807, 2.05) is 0 Å². The van der Waals surface area contributed by atoms with E-state index >= 15 is 0 Å². The van der Waals surface area contributed by atoms with Crippen LogP contribution in [0.5, 0.6) is 0 Å². The molecule has 0 spiro atoms. The Morgan fingerprint density at radius 3 is 2.94 bits per heavy atom. The number of nitrogens with zero attached hydrogens (tertiary/aromatic N) is 1. The topological polar surface area (TPSA) is 41.6 Å². The summed E-state index contributed by atoms with van der Waals surface area (Å²) < 4.78 is 5.30. The van der Waals surface area contributed by atoms with Crippen LogP contribution in [0.25, 0.3) is 0 Å². The SMILES string of the molecule is O=C(C1CCOC1)N1CCC2CNCC2C1. The molecule has 0 radical (unpaired) electrons. The van der Waals surface area contributed by atoms with E-state index in [1.165, 1.54) is 6.42 Å². The number of hydrogen-bond acceptors (Lipinski definition) is 3. The number of fused-ring (bicyclic) bond motifs is 1. The molecule has 90 valence electrons. The lowest BCUT2D eigenvalue weighted by atomic mass is 9.88. The van der Waals surface area contributed by atoms with Crippen molar-refractivity contribution in [2.24, 2.45) is 17.8 Å². The Balaban J connectivity index is 1.60. The quantitative estimate of drug-likeness (QED) is 0.686. The normalized spacial score (nSPS) is 38.8. The minimum atomic E-state index is 0.144. The summed E-state index contributed by atoms with van der Waals surface area (Å²) in [5.74, 6) is 1.98. The molecule has 3 rings (SSSR count). The Kier molecular flexibility index (Phi) is 2.86. The number of hydrogen-bond donors (Lipinski definition) is 1. The van der Waals surface area contributed by atoms with Gasteiger partial charge in [0, 0.05) is 19.7 Å². The first kappa shape index (κ1) is 10.5. The predicted molar refractivity (Wildman–Crippen MR) is 60.0 cm³/mol. The van der Waals surface area contributed by atoms with Gasteiger partial charge in [0.15, 0.2) is 0 Å². The summed E-state index contributed by atoms with van der Waals surface area (Å²) in [5.41, 5.74) is 0. The average Bonchev–Trinajstić information content (AvgIpc) is 2.98. The molecule has 0 aromatic heterocycles. The highest BCUT2D eigenvalue weighted by Gasteiger charge is 2.36. The third kappa shape index (κ3) is 1.84. The second-order valence-electron chi connectivity index (χ2n) is 5.31. The number of nitrogens with one attached hydrogen (secondary N) is 1. The van der Waals surface area contributed by atoms with Crippen molar-refractivity contribution >= 4 is 5.91 Å². The predicted octanol–water partition coefficient (Wildman–Crippen LogP) is 0.0908. The smallest absolute Gasteiger partial charge is 0.228 e. The molecule has 0 aliphatic carbocycles. The van der Waals surface area contributed by atoms with E-state index in [-0.39, 0.29) is 5.92 Å². The lowest BCUT2D eigenvalue weighted by Gasteiger charge is -2.35. The summed E-state index contributed by atoms with van der Waals surface area (Å²) in [5, 5.41) is 3.43. The molecule has 4 heteroatoms. The third-order valence-electron chi connectivity index (χ3n) is 4.30. The highest BCUT2D eigenvalue weighted by Crippen LogP contribution is 2.28. The standard InChI is InChI=1S/C12H20N2O2/c15-12(10-2-4-16-8-10)14-3-1-9-5-13-6-11(9)7-14/h9-11,13H,1-8H2. The van der Waals surface area contributed by atoms with E-state index in [4.69, 9.17) is 4.74 Å². The third-order valence-corrected chi connectivity index (χ3v) is 4.30. The Labute approximate surface area is 96.3 Å². The van der Waals surface area contributed by atoms with E-state index in [0.29, 0.717) is 18.4 Å². The largest absolute Gasteiger partial charge is 0.381 e. The van der Waals surface area contributed by atoms with Crippen molar-refractivity contribution in [3.05, 3.63) is 0 Å². The van der Waals surface area contributed by atoms with E-state index in [2.05, 4.69) is 10.2 Å². The van der Waals surface area contributed by atoms with Gasteiger partial charge in [-0.15, -0.1) is 0 Å². The summed E-state index contributed by atoms with van der Waals surface area (Å²) in [7, 11) is 0. The molecule has 0 saturated carbocycles. The van der Waals surface area contributed by atoms with E-state index in [1.54, 1.807) is 0 Å². The minimum absolute atomic E-state index is 0.144. The van der Waals surface area contributed by atoms with Gasteiger partial charge in [-0.3, -0.25) is 4.79 Å². The van der Waals surface area contributed by atoms with Crippen LogP contribution in [0.1, 0.15) is 12.8 Å². The molecule has 16 heavy (non-hydrogen) atoms. The Morgan fingerprint density at radius 1 is 1.25 bits per heavy atom. The number of likely N-dealkylation sites (tertiary alicyclic amines) is 1. The van der Waals surface area contributed by atoms with Crippen molar-refractivity contribution in [2.45, 2.75) is 12.8 Å².